The highest BCUT2D eigenvalue weighted by Crippen LogP contribution is 2.16. The standard InChI is InChI=1S/C13H22N2O2/c1-2-15(9-12-4-3-7-16-12)10-13-6-5-11(8-14)17-13/h5-6,12H,2-4,7-10,14H2,1H3. The number of hydrogen-bond donors (Lipinski definition) is 1. The lowest BCUT2D eigenvalue weighted by atomic mass is 10.2. The van der Waals surface area contributed by atoms with E-state index in [4.69, 9.17) is 14.9 Å². The van der Waals surface area contributed by atoms with E-state index in [1.807, 2.05) is 12.1 Å². The average Bonchev–Trinajstić information content (AvgIpc) is 2.99. The van der Waals surface area contributed by atoms with Crippen LogP contribution in [0, 0.1) is 0 Å². The normalized spacial score (nSPS) is 20.3. The first-order chi connectivity index (χ1) is 8.31. The van der Waals surface area contributed by atoms with E-state index in [0.717, 1.165) is 37.8 Å². The fourth-order valence-corrected chi connectivity index (χ4v) is 2.22. The topological polar surface area (TPSA) is 51.6 Å². The van der Waals surface area contributed by atoms with Crippen LogP contribution in [0.3, 0.4) is 0 Å². The van der Waals surface area contributed by atoms with Crippen LogP contribution in [0.5, 0.6) is 0 Å². The summed E-state index contributed by atoms with van der Waals surface area (Å²) in [6.45, 7) is 6.41. The molecule has 0 saturated carbocycles. The van der Waals surface area contributed by atoms with Gasteiger partial charge < -0.3 is 14.9 Å². The Kier molecular flexibility index (Phi) is 4.59. The first kappa shape index (κ1) is 12.6. The van der Waals surface area contributed by atoms with Gasteiger partial charge in [-0.3, -0.25) is 4.90 Å². The van der Waals surface area contributed by atoms with Crippen molar-refractivity contribution in [3.63, 3.8) is 0 Å². The minimum absolute atomic E-state index is 0.402. The Morgan fingerprint density at radius 1 is 1.41 bits per heavy atom. The number of nitrogens with two attached hydrogens (primary N) is 1. The summed E-state index contributed by atoms with van der Waals surface area (Å²) in [5.74, 6) is 1.85. The van der Waals surface area contributed by atoms with E-state index in [0.29, 0.717) is 12.6 Å². The first-order valence-electron chi connectivity index (χ1n) is 6.43. The molecule has 96 valence electrons. The molecule has 0 aliphatic carbocycles. The van der Waals surface area contributed by atoms with Crippen LogP contribution >= 0.6 is 0 Å². The molecule has 1 aliphatic rings. The molecule has 4 heteroatoms. The third-order valence-corrected chi connectivity index (χ3v) is 3.23. The van der Waals surface area contributed by atoms with Gasteiger partial charge in [0, 0.05) is 13.2 Å². The van der Waals surface area contributed by atoms with Crippen molar-refractivity contribution in [2.24, 2.45) is 5.73 Å². The average molecular weight is 238 g/mol. The van der Waals surface area contributed by atoms with Crippen LogP contribution in [0.2, 0.25) is 0 Å². The molecular weight excluding hydrogens is 216 g/mol. The SMILES string of the molecule is CCN(Cc1ccc(CN)o1)CC1CCCO1. The molecule has 2 N–H and O–H groups in total. The molecule has 1 atom stereocenters. The zero-order chi connectivity index (χ0) is 12.1. The molecule has 1 saturated heterocycles. The third kappa shape index (κ3) is 3.56. The van der Waals surface area contributed by atoms with Gasteiger partial charge in [-0.2, -0.15) is 0 Å². The summed E-state index contributed by atoms with van der Waals surface area (Å²) in [7, 11) is 0. The number of rotatable bonds is 6. The summed E-state index contributed by atoms with van der Waals surface area (Å²) in [5.41, 5.74) is 5.53. The van der Waals surface area contributed by atoms with Crippen LogP contribution in [-0.2, 0) is 17.8 Å². The van der Waals surface area contributed by atoms with Crippen LogP contribution in [0.1, 0.15) is 31.3 Å². The summed E-state index contributed by atoms with van der Waals surface area (Å²) < 4.78 is 11.3. The molecule has 1 aliphatic heterocycles. The Balaban J connectivity index is 1.85. The van der Waals surface area contributed by atoms with Crippen LogP contribution in [-0.4, -0.2) is 30.7 Å². The largest absolute Gasteiger partial charge is 0.463 e. The van der Waals surface area contributed by atoms with E-state index in [9.17, 15) is 0 Å². The number of ether oxygens (including phenoxy) is 1. The molecule has 1 unspecified atom stereocenters. The van der Waals surface area contributed by atoms with Crippen molar-refractivity contribution in [2.75, 3.05) is 19.7 Å². The summed E-state index contributed by atoms with van der Waals surface area (Å²) >= 11 is 0. The highest BCUT2D eigenvalue weighted by atomic mass is 16.5. The fraction of sp³-hybridized carbons (Fsp3) is 0.692. The van der Waals surface area contributed by atoms with Gasteiger partial charge in [-0.15, -0.1) is 0 Å². The minimum atomic E-state index is 0.402. The van der Waals surface area contributed by atoms with Gasteiger partial charge in [-0.25, -0.2) is 0 Å². The van der Waals surface area contributed by atoms with E-state index in [1.54, 1.807) is 0 Å². The lowest BCUT2D eigenvalue weighted by molar-refractivity contribution is 0.0702. The van der Waals surface area contributed by atoms with Gasteiger partial charge in [-0.05, 0) is 31.5 Å². The molecule has 4 nitrogen and oxygen atoms in total. The molecule has 0 aromatic carbocycles. The summed E-state index contributed by atoms with van der Waals surface area (Å²) in [4.78, 5) is 2.36. The molecule has 0 bridgehead atoms. The van der Waals surface area contributed by atoms with Crippen molar-refractivity contribution >= 4 is 0 Å². The van der Waals surface area contributed by atoms with Gasteiger partial charge >= 0.3 is 0 Å². The zero-order valence-electron chi connectivity index (χ0n) is 10.5. The minimum Gasteiger partial charge on any atom is -0.463 e. The van der Waals surface area contributed by atoms with Gasteiger partial charge in [-0.1, -0.05) is 6.92 Å². The monoisotopic (exact) mass is 238 g/mol. The van der Waals surface area contributed by atoms with E-state index in [-0.39, 0.29) is 0 Å². The van der Waals surface area contributed by atoms with Gasteiger partial charge in [0.15, 0.2) is 0 Å². The fourth-order valence-electron chi connectivity index (χ4n) is 2.22. The summed E-state index contributed by atoms with van der Waals surface area (Å²) in [6, 6.07) is 3.97. The number of hydrogen-bond acceptors (Lipinski definition) is 4. The van der Waals surface area contributed by atoms with Crippen LogP contribution in [0.15, 0.2) is 16.5 Å². The number of nitrogens with zero attached hydrogens (tertiary/aromatic N) is 1. The van der Waals surface area contributed by atoms with Crippen LogP contribution < -0.4 is 5.73 Å². The predicted octanol–water partition coefficient (Wildman–Crippen LogP) is 1.74. The van der Waals surface area contributed by atoms with E-state index < -0.39 is 0 Å². The second kappa shape index (κ2) is 6.19. The zero-order valence-corrected chi connectivity index (χ0v) is 10.5. The van der Waals surface area contributed by atoms with Crippen molar-refractivity contribution in [1.29, 1.82) is 0 Å². The van der Waals surface area contributed by atoms with Gasteiger partial charge in [0.25, 0.3) is 0 Å². The number of furan rings is 1. The Hall–Kier alpha value is -0.840. The molecule has 2 heterocycles. The molecule has 1 aromatic heterocycles. The summed E-state index contributed by atoms with van der Waals surface area (Å²) in [5, 5.41) is 0. The third-order valence-electron chi connectivity index (χ3n) is 3.23. The Labute approximate surface area is 103 Å². The lowest BCUT2D eigenvalue weighted by Gasteiger charge is -2.22. The van der Waals surface area contributed by atoms with E-state index in [2.05, 4.69) is 11.8 Å². The molecule has 1 aromatic rings. The molecule has 1 fully saturated rings. The van der Waals surface area contributed by atoms with Crippen molar-refractivity contribution < 1.29 is 9.15 Å². The highest BCUT2D eigenvalue weighted by molar-refractivity contribution is 5.06. The van der Waals surface area contributed by atoms with Crippen molar-refractivity contribution in [3.8, 4) is 0 Å². The van der Waals surface area contributed by atoms with Crippen molar-refractivity contribution in [2.45, 2.75) is 39.0 Å². The summed E-state index contributed by atoms with van der Waals surface area (Å²) in [6.07, 6.45) is 2.78. The van der Waals surface area contributed by atoms with Gasteiger partial charge in [0.2, 0.25) is 0 Å². The molecule has 2 rings (SSSR count). The van der Waals surface area contributed by atoms with Crippen LogP contribution in [0.25, 0.3) is 0 Å². The van der Waals surface area contributed by atoms with E-state index >= 15 is 0 Å². The van der Waals surface area contributed by atoms with Crippen molar-refractivity contribution in [1.82, 2.24) is 4.90 Å². The maximum atomic E-state index is 5.66. The Bertz CT molecular complexity index is 332. The van der Waals surface area contributed by atoms with Gasteiger partial charge in [0.05, 0.1) is 19.2 Å². The molecule has 0 amide bonds. The lowest BCUT2D eigenvalue weighted by Crippen LogP contribution is -2.31. The predicted molar refractivity (Wildman–Crippen MR) is 66.5 cm³/mol. The van der Waals surface area contributed by atoms with Crippen LogP contribution in [0.4, 0.5) is 0 Å². The molecule has 17 heavy (non-hydrogen) atoms. The van der Waals surface area contributed by atoms with Gasteiger partial charge in [0.1, 0.15) is 11.5 Å². The Morgan fingerprint density at radius 2 is 2.24 bits per heavy atom. The quantitative estimate of drug-likeness (QED) is 0.820. The number of likely N-dealkylation sites (N-methyl/N-ethyl adjacent to an activating group) is 1. The Morgan fingerprint density at radius 3 is 2.82 bits per heavy atom. The molecule has 0 spiro atoms. The molecule has 0 radical (unpaired) electrons. The maximum absolute atomic E-state index is 5.66. The smallest absolute Gasteiger partial charge is 0.118 e. The second-order valence-corrected chi connectivity index (χ2v) is 4.53. The molecular formula is C13H22N2O2. The van der Waals surface area contributed by atoms with E-state index in [1.165, 1.54) is 12.8 Å². The first-order valence-corrected chi connectivity index (χ1v) is 6.43. The second-order valence-electron chi connectivity index (χ2n) is 4.53. The van der Waals surface area contributed by atoms with Crippen molar-refractivity contribution in [3.05, 3.63) is 23.7 Å². The highest BCUT2D eigenvalue weighted by Gasteiger charge is 2.19. The maximum Gasteiger partial charge on any atom is 0.118 e.